The first-order valence-corrected chi connectivity index (χ1v) is 8.94. The molecule has 0 spiro atoms. The highest BCUT2D eigenvalue weighted by Crippen LogP contribution is 2.36. The van der Waals surface area contributed by atoms with E-state index in [1.807, 2.05) is 6.92 Å². The predicted octanol–water partition coefficient (Wildman–Crippen LogP) is 3.60. The van der Waals surface area contributed by atoms with Gasteiger partial charge < -0.3 is 10.1 Å². The topological polar surface area (TPSA) is 83.8 Å². The van der Waals surface area contributed by atoms with Gasteiger partial charge in [-0.2, -0.15) is 5.10 Å². The van der Waals surface area contributed by atoms with Crippen molar-refractivity contribution in [2.75, 3.05) is 0 Å². The van der Waals surface area contributed by atoms with Gasteiger partial charge in [0.15, 0.2) is 5.75 Å². The number of hydrogen-bond donors (Lipinski definition) is 2. The Kier molecular flexibility index (Phi) is 4.03. The Bertz CT molecular complexity index is 1240. The second kappa shape index (κ2) is 6.27. The SMILES string of the molecule is CCc1nn(C)c2[nH]c(-c3cnc(-c4ccc(F)cc4F)s3)c(O)c(=O)c12. The molecule has 9 heteroatoms. The summed E-state index contributed by atoms with van der Waals surface area (Å²) in [6.45, 7) is 1.87. The summed E-state index contributed by atoms with van der Waals surface area (Å²) in [7, 11) is 1.70. The number of aromatic nitrogens is 4. The third-order valence-electron chi connectivity index (χ3n) is 4.29. The molecule has 0 saturated heterocycles. The minimum atomic E-state index is -0.733. The van der Waals surface area contributed by atoms with Crippen LogP contribution in [0.2, 0.25) is 0 Å². The Morgan fingerprint density at radius 3 is 2.81 bits per heavy atom. The number of H-pyrrole nitrogens is 1. The van der Waals surface area contributed by atoms with Crippen LogP contribution in [0.5, 0.6) is 5.75 Å². The maximum atomic E-state index is 14.0. The van der Waals surface area contributed by atoms with E-state index >= 15 is 0 Å². The van der Waals surface area contributed by atoms with Crippen molar-refractivity contribution in [3.05, 3.63) is 51.9 Å². The smallest absolute Gasteiger partial charge is 0.235 e. The van der Waals surface area contributed by atoms with Crippen molar-refractivity contribution in [2.24, 2.45) is 7.05 Å². The van der Waals surface area contributed by atoms with E-state index in [9.17, 15) is 18.7 Å². The van der Waals surface area contributed by atoms with E-state index in [1.54, 1.807) is 11.7 Å². The van der Waals surface area contributed by atoms with Gasteiger partial charge in [-0.05, 0) is 18.6 Å². The number of rotatable bonds is 3. The highest BCUT2D eigenvalue weighted by Gasteiger charge is 2.21. The molecule has 0 aliphatic rings. The van der Waals surface area contributed by atoms with E-state index in [1.165, 1.54) is 12.3 Å². The molecule has 4 rings (SSSR count). The minimum absolute atomic E-state index is 0.143. The zero-order valence-electron chi connectivity index (χ0n) is 14.4. The summed E-state index contributed by atoms with van der Waals surface area (Å²) < 4.78 is 28.7. The first-order chi connectivity index (χ1) is 12.9. The Morgan fingerprint density at radius 2 is 2.11 bits per heavy atom. The fourth-order valence-electron chi connectivity index (χ4n) is 2.97. The van der Waals surface area contributed by atoms with Gasteiger partial charge in [-0.3, -0.25) is 9.48 Å². The van der Waals surface area contributed by atoms with Gasteiger partial charge in [-0.15, -0.1) is 11.3 Å². The number of aromatic hydroxyl groups is 1. The molecule has 1 aromatic carbocycles. The number of aromatic amines is 1. The molecule has 6 nitrogen and oxygen atoms in total. The summed E-state index contributed by atoms with van der Waals surface area (Å²) in [4.78, 5) is 20.3. The van der Waals surface area contributed by atoms with Crippen molar-refractivity contribution in [3.8, 4) is 26.9 Å². The molecule has 3 heterocycles. The van der Waals surface area contributed by atoms with Crippen LogP contribution < -0.4 is 5.43 Å². The third-order valence-corrected chi connectivity index (χ3v) is 5.34. The van der Waals surface area contributed by atoms with Crippen LogP contribution in [0.1, 0.15) is 12.6 Å². The first-order valence-electron chi connectivity index (χ1n) is 8.13. The summed E-state index contributed by atoms with van der Waals surface area (Å²) in [6.07, 6.45) is 1.98. The Labute approximate surface area is 155 Å². The van der Waals surface area contributed by atoms with Gasteiger partial charge in [0, 0.05) is 24.9 Å². The van der Waals surface area contributed by atoms with E-state index in [0.717, 1.165) is 23.5 Å². The monoisotopic (exact) mass is 388 g/mol. The van der Waals surface area contributed by atoms with Gasteiger partial charge in [0.2, 0.25) is 5.43 Å². The van der Waals surface area contributed by atoms with Crippen LogP contribution in [0.25, 0.3) is 32.2 Å². The Hall–Kier alpha value is -3.07. The highest BCUT2D eigenvalue weighted by molar-refractivity contribution is 7.18. The number of pyridine rings is 1. The van der Waals surface area contributed by atoms with E-state index in [-0.39, 0.29) is 11.3 Å². The number of benzene rings is 1. The largest absolute Gasteiger partial charge is 0.503 e. The molecule has 0 unspecified atom stereocenters. The second-order valence-electron chi connectivity index (χ2n) is 5.98. The van der Waals surface area contributed by atoms with Crippen LogP contribution in [-0.2, 0) is 13.5 Å². The number of hydrogen-bond acceptors (Lipinski definition) is 5. The van der Waals surface area contributed by atoms with E-state index < -0.39 is 22.8 Å². The van der Waals surface area contributed by atoms with Crippen molar-refractivity contribution in [2.45, 2.75) is 13.3 Å². The first kappa shape index (κ1) is 17.3. The number of halogens is 2. The maximum absolute atomic E-state index is 14.0. The molecule has 0 amide bonds. The summed E-state index contributed by atoms with van der Waals surface area (Å²) in [5.41, 5.74) is 0.877. The Morgan fingerprint density at radius 1 is 1.33 bits per heavy atom. The molecule has 4 aromatic rings. The Balaban J connectivity index is 1.89. The fourth-order valence-corrected chi connectivity index (χ4v) is 3.92. The lowest BCUT2D eigenvalue weighted by Crippen LogP contribution is -2.06. The van der Waals surface area contributed by atoms with Crippen LogP contribution in [-0.4, -0.2) is 24.9 Å². The molecule has 0 atom stereocenters. The summed E-state index contributed by atoms with van der Waals surface area (Å²) in [5, 5.41) is 15.4. The van der Waals surface area contributed by atoms with E-state index in [4.69, 9.17) is 0 Å². The van der Waals surface area contributed by atoms with Crippen molar-refractivity contribution >= 4 is 22.4 Å². The summed E-state index contributed by atoms with van der Waals surface area (Å²) in [6, 6.07) is 3.23. The average Bonchev–Trinajstić information content (AvgIpc) is 3.23. The molecule has 0 saturated carbocycles. The molecule has 0 aliphatic heterocycles. The van der Waals surface area contributed by atoms with Crippen molar-refractivity contribution in [1.82, 2.24) is 19.7 Å². The molecule has 0 fully saturated rings. The predicted molar refractivity (Wildman–Crippen MR) is 98.8 cm³/mol. The van der Waals surface area contributed by atoms with Gasteiger partial charge in [-0.25, -0.2) is 13.8 Å². The van der Waals surface area contributed by atoms with E-state index in [2.05, 4.69) is 15.1 Å². The van der Waals surface area contributed by atoms with Crippen LogP contribution in [0.15, 0.2) is 29.2 Å². The molecule has 0 bridgehead atoms. The highest BCUT2D eigenvalue weighted by atomic mass is 32.1. The molecule has 2 N–H and O–H groups in total. The number of fused-ring (bicyclic) bond motifs is 1. The zero-order chi connectivity index (χ0) is 19.3. The second-order valence-corrected chi connectivity index (χ2v) is 7.01. The number of nitrogens with zero attached hydrogens (tertiary/aromatic N) is 3. The maximum Gasteiger partial charge on any atom is 0.235 e. The van der Waals surface area contributed by atoms with Gasteiger partial charge in [-0.1, -0.05) is 6.92 Å². The molecule has 138 valence electrons. The van der Waals surface area contributed by atoms with Gasteiger partial charge in [0.05, 0.1) is 16.0 Å². The minimum Gasteiger partial charge on any atom is -0.503 e. The van der Waals surface area contributed by atoms with Crippen LogP contribution in [0, 0.1) is 11.6 Å². The molecular formula is C18H14F2N4O2S. The van der Waals surface area contributed by atoms with Crippen LogP contribution >= 0.6 is 11.3 Å². The summed E-state index contributed by atoms with van der Waals surface area (Å²) >= 11 is 1.08. The van der Waals surface area contributed by atoms with Crippen LogP contribution in [0.4, 0.5) is 8.78 Å². The molecule has 0 aliphatic carbocycles. The van der Waals surface area contributed by atoms with Crippen molar-refractivity contribution in [1.29, 1.82) is 0 Å². The molecule has 27 heavy (non-hydrogen) atoms. The summed E-state index contributed by atoms with van der Waals surface area (Å²) in [5.74, 6) is -1.85. The average molecular weight is 388 g/mol. The third kappa shape index (κ3) is 2.71. The number of aryl methyl sites for hydroxylation is 2. The van der Waals surface area contributed by atoms with Crippen molar-refractivity contribution < 1.29 is 13.9 Å². The molecule has 0 radical (unpaired) electrons. The normalized spacial score (nSPS) is 11.4. The molecule has 3 aromatic heterocycles. The lowest BCUT2D eigenvalue weighted by Gasteiger charge is -2.03. The van der Waals surface area contributed by atoms with E-state index in [0.29, 0.717) is 33.0 Å². The number of thiazole rings is 1. The fraction of sp³-hybridized carbons (Fsp3) is 0.167. The van der Waals surface area contributed by atoms with Crippen LogP contribution in [0.3, 0.4) is 0 Å². The van der Waals surface area contributed by atoms with Gasteiger partial charge in [0.1, 0.15) is 28.0 Å². The van der Waals surface area contributed by atoms with Gasteiger partial charge in [0.25, 0.3) is 0 Å². The van der Waals surface area contributed by atoms with Gasteiger partial charge >= 0.3 is 0 Å². The number of nitrogens with one attached hydrogen (secondary N) is 1. The lowest BCUT2D eigenvalue weighted by atomic mass is 10.2. The lowest BCUT2D eigenvalue weighted by molar-refractivity contribution is 0.471. The molecular weight excluding hydrogens is 374 g/mol. The van der Waals surface area contributed by atoms with Crippen molar-refractivity contribution in [3.63, 3.8) is 0 Å². The zero-order valence-corrected chi connectivity index (χ0v) is 15.2. The quantitative estimate of drug-likeness (QED) is 0.562. The standard InChI is InChI=1S/C18H14F2N4O2S/c1-3-11-13-15(25)16(26)14(22-17(13)24(2)23-11)12-7-21-18(27-12)9-5-4-8(19)6-10(9)20/h4-7,26H,3H2,1-2H3,(H,22,25).